The molecule has 3 heteroatoms. The van der Waals surface area contributed by atoms with Crippen molar-refractivity contribution in [1.29, 1.82) is 0 Å². The maximum absolute atomic E-state index is 6.42. The summed E-state index contributed by atoms with van der Waals surface area (Å²) in [5.41, 5.74) is 1.22. The molecular weight excluding hydrogens is 234 g/mol. The molecule has 2 fully saturated rings. The molecule has 92 valence electrons. The quantitative estimate of drug-likeness (QED) is 0.748. The molecule has 2 aliphatic carbocycles. The second kappa shape index (κ2) is 4.16. The topological polar surface area (TPSA) is 22.1 Å². The molecule has 0 amide bonds. The first-order valence-corrected chi connectivity index (χ1v) is 6.88. The SMILES string of the molecule is Cc1ncccc1OC1CC(Cl)C12CCCC2. The Kier molecular flexibility index (Phi) is 2.78. The number of pyridine rings is 1. The van der Waals surface area contributed by atoms with Gasteiger partial charge in [0.1, 0.15) is 11.9 Å². The third kappa shape index (κ3) is 1.74. The first-order valence-electron chi connectivity index (χ1n) is 6.45. The summed E-state index contributed by atoms with van der Waals surface area (Å²) in [6.45, 7) is 1.99. The average molecular weight is 252 g/mol. The molecular formula is C14H18ClNO. The minimum atomic E-state index is 0.254. The third-order valence-corrected chi connectivity index (χ3v) is 5.06. The van der Waals surface area contributed by atoms with Gasteiger partial charge in [-0.3, -0.25) is 4.98 Å². The molecule has 0 aliphatic heterocycles. The van der Waals surface area contributed by atoms with E-state index >= 15 is 0 Å². The molecule has 0 radical (unpaired) electrons. The second-order valence-corrected chi connectivity index (χ2v) is 5.86. The summed E-state index contributed by atoms with van der Waals surface area (Å²) in [5, 5.41) is 0.312. The molecule has 1 aromatic rings. The molecule has 1 spiro atoms. The van der Waals surface area contributed by atoms with Crippen LogP contribution in [-0.4, -0.2) is 16.5 Å². The standard InChI is InChI=1S/C14H18ClNO/c1-10-11(5-4-8-16-10)17-13-9-12(15)14(13)6-2-3-7-14/h4-5,8,12-13H,2-3,6-7,9H2,1H3. The van der Waals surface area contributed by atoms with Crippen molar-refractivity contribution in [1.82, 2.24) is 4.98 Å². The Hall–Kier alpha value is -0.760. The highest BCUT2D eigenvalue weighted by Crippen LogP contribution is 2.57. The van der Waals surface area contributed by atoms with Gasteiger partial charge in [0.05, 0.1) is 5.69 Å². The molecule has 1 heterocycles. The van der Waals surface area contributed by atoms with Crippen LogP contribution in [0, 0.1) is 12.3 Å². The zero-order valence-corrected chi connectivity index (χ0v) is 10.9. The molecule has 1 aromatic heterocycles. The Morgan fingerprint density at radius 3 is 2.82 bits per heavy atom. The van der Waals surface area contributed by atoms with Crippen LogP contribution in [0.5, 0.6) is 5.75 Å². The largest absolute Gasteiger partial charge is 0.488 e. The lowest BCUT2D eigenvalue weighted by Gasteiger charge is -2.51. The summed E-state index contributed by atoms with van der Waals surface area (Å²) in [6, 6.07) is 3.94. The summed E-state index contributed by atoms with van der Waals surface area (Å²) in [4.78, 5) is 4.27. The minimum absolute atomic E-state index is 0.254. The summed E-state index contributed by atoms with van der Waals surface area (Å²) in [6.07, 6.45) is 8.14. The number of hydrogen-bond acceptors (Lipinski definition) is 2. The number of hydrogen-bond donors (Lipinski definition) is 0. The summed E-state index contributed by atoms with van der Waals surface area (Å²) in [5.74, 6) is 0.923. The van der Waals surface area contributed by atoms with Crippen LogP contribution in [0.4, 0.5) is 0 Å². The molecule has 2 nitrogen and oxygen atoms in total. The summed E-state index contributed by atoms with van der Waals surface area (Å²) in [7, 11) is 0. The molecule has 2 atom stereocenters. The lowest BCUT2D eigenvalue weighted by molar-refractivity contribution is -0.0361. The third-order valence-electron chi connectivity index (χ3n) is 4.45. The van der Waals surface area contributed by atoms with Gasteiger partial charge in [-0.2, -0.15) is 0 Å². The number of rotatable bonds is 2. The zero-order chi connectivity index (χ0) is 11.9. The lowest BCUT2D eigenvalue weighted by atomic mass is 9.64. The average Bonchev–Trinajstić information content (AvgIpc) is 2.83. The molecule has 2 saturated carbocycles. The van der Waals surface area contributed by atoms with Crippen molar-refractivity contribution in [3.05, 3.63) is 24.0 Å². The molecule has 2 aliphatic rings. The van der Waals surface area contributed by atoms with E-state index in [2.05, 4.69) is 4.98 Å². The predicted molar refractivity (Wildman–Crippen MR) is 68.5 cm³/mol. The predicted octanol–water partition coefficient (Wildman–Crippen LogP) is 3.71. The maximum atomic E-state index is 6.42. The smallest absolute Gasteiger partial charge is 0.140 e. The van der Waals surface area contributed by atoms with Gasteiger partial charge in [0.25, 0.3) is 0 Å². The Morgan fingerprint density at radius 2 is 2.18 bits per heavy atom. The Morgan fingerprint density at radius 1 is 1.41 bits per heavy atom. The van der Waals surface area contributed by atoms with Crippen LogP contribution in [0.3, 0.4) is 0 Å². The van der Waals surface area contributed by atoms with Crippen molar-refractivity contribution in [2.45, 2.75) is 50.5 Å². The van der Waals surface area contributed by atoms with E-state index in [1.54, 1.807) is 6.20 Å². The van der Waals surface area contributed by atoms with Crippen molar-refractivity contribution in [2.24, 2.45) is 5.41 Å². The normalized spacial score (nSPS) is 30.2. The van der Waals surface area contributed by atoms with Crippen LogP contribution in [0.1, 0.15) is 37.8 Å². The van der Waals surface area contributed by atoms with E-state index in [1.165, 1.54) is 25.7 Å². The molecule has 17 heavy (non-hydrogen) atoms. The number of nitrogens with zero attached hydrogens (tertiary/aromatic N) is 1. The van der Waals surface area contributed by atoms with Gasteiger partial charge in [-0.25, -0.2) is 0 Å². The van der Waals surface area contributed by atoms with E-state index in [4.69, 9.17) is 16.3 Å². The van der Waals surface area contributed by atoms with Gasteiger partial charge >= 0.3 is 0 Å². The van der Waals surface area contributed by atoms with Crippen LogP contribution in [0.15, 0.2) is 18.3 Å². The Labute approximate surface area is 107 Å². The van der Waals surface area contributed by atoms with E-state index in [9.17, 15) is 0 Å². The molecule has 3 rings (SSSR count). The van der Waals surface area contributed by atoms with E-state index in [0.29, 0.717) is 11.5 Å². The van der Waals surface area contributed by atoms with Gasteiger partial charge in [-0.05, 0) is 31.9 Å². The van der Waals surface area contributed by atoms with Gasteiger partial charge in [0.2, 0.25) is 0 Å². The van der Waals surface area contributed by atoms with Crippen LogP contribution in [-0.2, 0) is 0 Å². The van der Waals surface area contributed by atoms with Crippen molar-refractivity contribution in [3.8, 4) is 5.75 Å². The number of alkyl halides is 1. The van der Waals surface area contributed by atoms with Crippen molar-refractivity contribution >= 4 is 11.6 Å². The number of aryl methyl sites for hydroxylation is 1. The Balaban J connectivity index is 1.77. The Bertz CT molecular complexity index is 414. The highest BCUT2D eigenvalue weighted by atomic mass is 35.5. The van der Waals surface area contributed by atoms with Gasteiger partial charge in [-0.1, -0.05) is 12.8 Å². The number of aromatic nitrogens is 1. The first-order chi connectivity index (χ1) is 8.22. The van der Waals surface area contributed by atoms with Crippen LogP contribution >= 0.6 is 11.6 Å². The van der Waals surface area contributed by atoms with Crippen LogP contribution in [0.25, 0.3) is 0 Å². The summed E-state index contributed by atoms with van der Waals surface area (Å²) >= 11 is 6.42. The fourth-order valence-electron chi connectivity index (χ4n) is 3.28. The van der Waals surface area contributed by atoms with Gasteiger partial charge in [0, 0.05) is 23.4 Å². The van der Waals surface area contributed by atoms with Crippen molar-refractivity contribution < 1.29 is 4.74 Å². The molecule has 0 aromatic carbocycles. The maximum Gasteiger partial charge on any atom is 0.140 e. The number of halogens is 1. The van der Waals surface area contributed by atoms with Crippen LogP contribution in [0.2, 0.25) is 0 Å². The zero-order valence-electron chi connectivity index (χ0n) is 10.2. The molecule has 0 saturated heterocycles. The molecule has 0 N–H and O–H groups in total. The second-order valence-electron chi connectivity index (χ2n) is 5.34. The monoisotopic (exact) mass is 251 g/mol. The highest BCUT2D eigenvalue weighted by molar-refractivity contribution is 6.21. The van der Waals surface area contributed by atoms with E-state index in [0.717, 1.165) is 17.9 Å². The lowest BCUT2D eigenvalue weighted by Crippen LogP contribution is -2.55. The minimum Gasteiger partial charge on any atom is -0.488 e. The van der Waals surface area contributed by atoms with Crippen molar-refractivity contribution in [2.75, 3.05) is 0 Å². The van der Waals surface area contributed by atoms with Gasteiger partial charge in [-0.15, -0.1) is 11.6 Å². The van der Waals surface area contributed by atoms with Gasteiger partial charge in [0.15, 0.2) is 0 Å². The van der Waals surface area contributed by atoms with Crippen LogP contribution < -0.4 is 4.74 Å². The van der Waals surface area contributed by atoms with Crippen molar-refractivity contribution in [3.63, 3.8) is 0 Å². The molecule has 2 unspecified atom stereocenters. The van der Waals surface area contributed by atoms with E-state index in [1.807, 2.05) is 19.1 Å². The summed E-state index contributed by atoms with van der Waals surface area (Å²) < 4.78 is 6.14. The molecule has 0 bridgehead atoms. The first kappa shape index (κ1) is 11.3. The fraction of sp³-hybridized carbons (Fsp3) is 0.643. The fourth-order valence-corrected chi connectivity index (χ4v) is 3.80. The van der Waals surface area contributed by atoms with E-state index in [-0.39, 0.29) is 5.41 Å². The van der Waals surface area contributed by atoms with Gasteiger partial charge < -0.3 is 4.74 Å². The number of ether oxygens (including phenoxy) is 1. The van der Waals surface area contributed by atoms with E-state index < -0.39 is 0 Å². The highest BCUT2D eigenvalue weighted by Gasteiger charge is 2.57.